The van der Waals surface area contributed by atoms with E-state index < -0.39 is 6.04 Å². The fourth-order valence-electron chi connectivity index (χ4n) is 9.46. The van der Waals surface area contributed by atoms with Gasteiger partial charge in [-0.2, -0.15) is 0 Å². The number of nitrogens with one attached hydrogen (secondary N) is 3. The van der Waals surface area contributed by atoms with Crippen LogP contribution in [0.3, 0.4) is 0 Å². The van der Waals surface area contributed by atoms with Gasteiger partial charge in [0.15, 0.2) is 0 Å². The Hall–Kier alpha value is -6.35. The molecule has 2 aliphatic heterocycles. The highest BCUT2D eigenvalue weighted by atomic mass is 16.5. The SMILES string of the molecule is CCN(c1cc(-c2ccc(OCCOCCOCCCc3ccnc4c3c3ccccc3n4C3CCC(=O)NC3=O)cc2)cc(C(=O)NCc2c(C)cc(C)[nH]c2=O)c1C)C1CCOCC1. The number of anilines is 1. The molecule has 8 rings (SSSR count). The third-order valence-corrected chi connectivity index (χ3v) is 12.8. The molecule has 1 atom stereocenters. The van der Waals surface area contributed by atoms with Gasteiger partial charge in [-0.1, -0.05) is 30.3 Å². The monoisotopic (exact) mass is 896 g/mol. The summed E-state index contributed by atoms with van der Waals surface area (Å²) >= 11 is 0. The van der Waals surface area contributed by atoms with E-state index in [0.717, 1.165) is 93.4 Å². The van der Waals surface area contributed by atoms with Gasteiger partial charge < -0.3 is 38.7 Å². The summed E-state index contributed by atoms with van der Waals surface area (Å²) in [6.45, 7) is 12.5. The van der Waals surface area contributed by atoms with Gasteiger partial charge in [0.25, 0.3) is 11.5 Å². The standard InChI is InChI=1S/C52H60N6O8/c1-5-57(39-19-23-64-24-20-39)46-31-38(30-42(35(46)4)50(60)54-32-43-33(2)29-34(3)55-51(43)61)36-12-14-40(15-13-36)66-28-27-65-26-25-63-22-8-9-37-18-21-53-49-48(37)41-10-6-7-11-44(41)58(49)45-16-17-47(59)56-52(45)62/h6-7,10-15,18,21,29-31,39,45H,5,8-9,16-17,19-20,22-28,32H2,1-4H3,(H,54,60)(H,55,61)(H,56,59,62). The van der Waals surface area contributed by atoms with Gasteiger partial charge in [-0.05, 0) is 130 Å². The Balaban J connectivity index is 0.830. The molecule has 3 amide bonds. The Morgan fingerprint density at radius 3 is 2.41 bits per heavy atom. The van der Waals surface area contributed by atoms with Crippen molar-refractivity contribution in [3.63, 3.8) is 0 Å². The van der Waals surface area contributed by atoms with Crippen LogP contribution in [0.2, 0.25) is 0 Å². The topological polar surface area (TPSA) is 166 Å². The maximum absolute atomic E-state index is 13.9. The van der Waals surface area contributed by atoms with Gasteiger partial charge in [0, 0.05) is 84.9 Å². The fraction of sp³-hybridized carbons (Fsp3) is 0.404. The highest BCUT2D eigenvalue weighted by molar-refractivity contribution is 6.10. The summed E-state index contributed by atoms with van der Waals surface area (Å²) in [7, 11) is 0. The number of benzene rings is 3. The minimum absolute atomic E-state index is 0.126. The van der Waals surface area contributed by atoms with E-state index in [1.54, 1.807) is 6.20 Å². The number of aryl methyl sites for hydroxylation is 3. The number of para-hydroxylation sites is 1. The van der Waals surface area contributed by atoms with Crippen LogP contribution in [-0.4, -0.2) is 91.1 Å². The van der Waals surface area contributed by atoms with Crippen LogP contribution in [0.1, 0.15) is 83.4 Å². The van der Waals surface area contributed by atoms with Crippen molar-refractivity contribution in [2.24, 2.45) is 0 Å². The minimum atomic E-state index is -0.493. The van der Waals surface area contributed by atoms with Crippen molar-refractivity contribution in [1.82, 2.24) is 25.2 Å². The van der Waals surface area contributed by atoms with E-state index in [2.05, 4.69) is 39.6 Å². The van der Waals surface area contributed by atoms with Gasteiger partial charge in [-0.25, -0.2) is 4.98 Å². The molecule has 66 heavy (non-hydrogen) atoms. The van der Waals surface area contributed by atoms with Crippen molar-refractivity contribution in [3.8, 4) is 16.9 Å². The van der Waals surface area contributed by atoms with E-state index in [1.165, 1.54) is 0 Å². The summed E-state index contributed by atoms with van der Waals surface area (Å²) in [5.74, 6) is -0.0485. The minimum Gasteiger partial charge on any atom is -0.491 e. The number of pyridine rings is 2. The van der Waals surface area contributed by atoms with Crippen LogP contribution in [0.15, 0.2) is 83.8 Å². The number of amides is 3. The molecule has 0 saturated carbocycles. The summed E-state index contributed by atoms with van der Waals surface area (Å²) in [6.07, 6.45) is 5.95. The molecule has 2 fully saturated rings. The smallest absolute Gasteiger partial charge is 0.253 e. The van der Waals surface area contributed by atoms with Crippen LogP contribution in [0.4, 0.5) is 5.69 Å². The Morgan fingerprint density at radius 2 is 1.65 bits per heavy atom. The second kappa shape index (κ2) is 21.3. The third kappa shape index (κ3) is 10.4. The first-order chi connectivity index (χ1) is 32.1. The molecule has 3 aromatic heterocycles. The highest BCUT2D eigenvalue weighted by Gasteiger charge is 2.31. The molecule has 3 aromatic carbocycles. The van der Waals surface area contributed by atoms with E-state index >= 15 is 0 Å². The zero-order valence-electron chi connectivity index (χ0n) is 38.4. The lowest BCUT2D eigenvalue weighted by atomic mass is 9.95. The summed E-state index contributed by atoms with van der Waals surface area (Å²) in [5.41, 5.74) is 9.14. The van der Waals surface area contributed by atoms with Crippen molar-refractivity contribution in [2.45, 2.75) is 84.8 Å². The second-order valence-electron chi connectivity index (χ2n) is 17.1. The van der Waals surface area contributed by atoms with Crippen molar-refractivity contribution in [2.75, 3.05) is 57.7 Å². The number of nitrogens with zero attached hydrogens (tertiary/aromatic N) is 3. The largest absolute Gasteiger partial charge is 0.491 e. The van der Waals surface area contributed by atoms with Gasteiger partial charge in [0.1, 0.15) is 24.0 Å². The number of hydrogen-bond donors (Lipinski definition) is 3. The first kappa shape index (κ1) is 46.2. The zero-order valence-corrected chi connectivity index (χ0v) is 38.4. The molecule has 3 N–H and O–H groups in total. The number of H-pyrrole nitrogens is 1. The van der Waals surface area contributed by atoms with Crippen LogP contribution < -0.4 is 25.8 Å². The molecule has 14 nitrogen and oxygen atoms in total. The molecule has 2 aliphatic rings. The molecular formula is C52H60N6O8. The second-order valence-corrected chi connectivity index (χ2v) is 17.1. The maximum Gasteiger partial charge on any atom is 0.253 e. The number of piperidine rings is 1. The van der Waals surface area contributed by atoms with Crippen LogP contribution in [0.25, 0.3) is 33.1 Å². The lowest BCUT2D eigenvalue weighted by molar-refractivity contribution is -0.135. The molecule has 346 valence electrons. The normalized spacial score (nSPS) is 15.6. The van der Waals surface area contributed by atoms with Gasteiger partial charge in [0.05, 0.1) is 25.3 Å². The highest BCUT2D eigenvalue weighted by Crippen LogP contribution is 2.37. The number of ether oxygens (including phenoxy) is 4. The van der Waals surface area contributed by atoms with Crippen LogP contribution in [0.5, 0.6) is 5.75 Å². The van der Waals surface area contributed by atoms with Crippen molar-refractivity contribution >= 4 is 45.3 Å². The van der Waals surface area contributed by atoms with Crippen molar-refractivity contribution in [3.05, 3.63) is 123 Å². The predicted octanol–water partition coefficient (Wildman–Crippen LogP) is 7.43. The summed E-state index contributed by atoms with van der Waals surface area (Å²) in [6, 6.07) is 23.8. The van der Waals surface area contributed by atoms with Gasteiger partial charge in [0.2, 0.25) is 11.8 Å². The average Bonchev–Trinajstić information content (AvgIpc) is 3.65. The molecule has 0 radical (unpaired) electrons. The van der Waals surface area contributed by atoms with Gasteiger partial charge >= 0.3 is 0 Å². The number of aromatic amines is 1. The molecule has 1 unspecified atom stereocenters. The number of carbonyl (C=O) groups excluding carboxylic acids is 3. The Morgan fingerprint density at radius 1 is 0.894 bits per heavy atom. The first-order valence-corrected chi connectivity index (χ1v) is 23.2. The maximum atomic E-state index is 13.9. The van der Waals surface area contributed by atoms with E-state index in [0.29, 0.717) is 82.0 Å². The lowest BCUT2D eigenvalue weighted by Gasteiger charge is -2.37. The fourth-order valence-corrected chi connectivity index (χ4v) is 9.46. The summed E-state index contributed by atoms with van der Waals surface area (Å²) in [5, 5.41) is 7.60. The number of imide groups is 1. The van der Waals surface area contributed by atoms with Crippen LogP contribution >= 0.6 is 0 Å². The number of carbonyl (C=O) groups is 3. The van der Waals surface area contributed by atoms with Crippen LogP contribution in [-0.2, 0) is 36.8 Å². The number of rotatable bonds is 19. The summed E-state index contributed by atoms with van der Waals surface area (Å²) < 4.78 is 25.4. The lowest BCUT2D eigenvalue weighted by Crippen LogP contribution is -2.41. The predicted molar refractivity (Wildman–Crippen MR) is 255 cm³/mol. The quantitative estimate of drug-likeness (QED) is 0.0550. The van der Waals surface area contributed by atoms with Crippen molar-refractivity contribution in [1.29, 1.82) is 0 Å². The van der Waals surface area contributed by atoms with Crippen molar-refractivity contribution < 1.29 is 33.3 Å². The Kier molecular flexibility index (Phi) is 14.9. The molecule has 0 spiro atoms. The van der Waals surface area contributed by atoms with E-state index in [1.807, 2.05) is 86.0 Å². The molecule has 6 aromatic rings. The molecule has 2 saturated heterocycles. The van der Waals surface area contributed by atoms with E-state index in [9.17, 15) is 19.2 Å². The first-order valence-electron chi connectivity index (χ1n) is 23.2. The molecule has 0 bridgehead atoms. The molecular weight excluding hydrogens is 837 g/mol. The van der Waals surface area contributed by atoms with Gasteiger partial charge in [-0.3, -0.25) is 24.5 Å². The number of aromatic nitrogens is 3. The number of hydrogen-bond acceptors (Lipinski definition) is 10. The number of fused-ring (bicyclic) bond motifs is 3. The Labute approximate surface area is 385 Å². The summed E-state index contributed by atoms with van der Waals surface area (Å²) in [4.78, 5) is 61.4. The Bertz CT molecular complexity index is 2760. The molecule has 5 heterocycles. The van der Waals surface area contributed by atoms with E-state index in [4.69, 9.17) is 23.9 Å². The molecule has 0 aliphatic carbocycles. The van der Waals surface area contributed by atoms with Crippen LogP contribution in [0, 0.1) is 20.8 Å². The van der Waals surface area contributed by atoms with E-state index in [-0.39, 0.29) is 29.8 Å². The van der Waals surface area contributed by atoms with Gasteiger partial charge in [-0.15, -0.1) is 0 Å². The zero-order chi connectivity index (χ0) is 46.2. The molecule has 14 heteroatoms. The third-order valence-electron chi connectivity index (χ3n) is 12.8. The average molecular weight is 897 g/mol.